The second kappa shape index (κ2) is 7.69. The zero-order valence-corrected chi connectivity index (χ0v) is 13.1. The number of aromatic nitrogens is 3. The topological polar surface area (TPSA) is 75.1 Å². The number of amides is 1. The van der Waals surface area contributed by atoms with E-state index in [1.165, 1.54) is 25.7 Å². The summed E-state index contributed by atoms with van der Waals surface area (Å²) in [4.78, 5) is 14.2. The van der Waals surface area contributed by atoms with Crippen molar-refractivity contribution in [2.75, 3.05) is 32.7 Å². The fourth-order valence-electron chi connectivity index (χ4n) is 3.25. The van der Waals surface area contributed by atoms with E-state index in [1.807, 2.05) is 10.9 Å². The van der Waals surface area contributed by atoms with Gasteiger partial charge in [0.1, 0.15) is 5.69 Å². The Morgan fingerprint density at radius 2 is 2.14 bits per heavy atom. The summed E-state index contributed by atoms with van der Waals surface area (Å²) in [5.74, 6) is 0.0670. The summed E-state index contributed by atoms with van der Waals surface area (Å²) in [5.41, 5.74) is 0.845. The van der Waals surface area contributed by atoms with Crippen LogP contribution in [0.25, 0.3) is 0 Å². The van der Waals surface area contributed by atoms with Gasteiger partial charge in [0, 0.05) is 13.1 Å². The molecule has 122 valence electrons. The van der Waals surface area contributed by atoms with Crippen molar-refractivity contribution in [2.24, 2.45) is 0 Å². The van der Waals surface area contributed by atoms with Crippen LogP contribution in [0.4, 0.5) is 0 Å². The van der Waals surface area contributed by atoms with Gasteiger partial charge in [0.15, 0.2) is 0 Å². The number of rotatable bonds is 5. The highest BCUT2D eigenvalue weighted by Crippen LogP contribution is 2.28. The standard InChI is InChI=1S/C15H26N6O/c22-15(12-20-8-3-6-16-7-9-20)17-10-13-11-21(19-18-13)14-4-1-2-5-14/h11,14,16H,1-10,12H2,(H,17,22). The van der Waals surface area contributed by atoms with E-state index in [-0.39, 0.29) is 5.91 Å². The van der Waals surface area contributed by atoms with E-state index in [9.17, 15) is 4.79 Å². The summed E-state index contributed by atoms with van der Waals surface area (Å²) < 4.78 is 1.97. The molecule has 7 nitrogen and oxygen atoms in total. The lowest BCUT2D eigenvalue weighted by Gasteiger charge is -2.18. The molecule has 1 aromatic heterocycles. The van der Waals surface area contributed by atoms with E-state index < -0.39 is 0 Å². The van der Waals surface area contributed by atoms with Gasteiger partial charge >= 0.3 is 0 Å². The molecule has 22 heavy (non-hydrogen) atoms. The van der Waals surface area contributed by atoms with Crippen molar-refractivity contribution >= 4 is 5.91 Å². The molecule has 3 rings (SSSR count). The van der Waals surface area contributed by atoms with Crippen LogP contribution in [0.3, 0.4) is 0 Å². The number of carbonyl (C=O) groups is 1. The average Bonchev–Trinajstić information content (AvgIpc) is 3.14. The van der Waals surface area contributed by atoms with Gasteiger partial charge in [0.2, 0.25) is 5.91 Å². The first kappa shape index (κ1) is 15.4. The van der Waals surface area contributed by atoms with E-state index in [0.29, 0.717) is 19.1 Å². The van der Waals surface area contributed by atoms with Gasteiger partial charge in [-0.2, -0.15) is 0 Å². The fourth-order valence-corrected chi connectivity index (χ4v) is 3.25. The van der Waals surface area contributed by atoms with Gasteiger partial charge < -0.3 is 10.6 Å². The Morgan fingerprint density at radius 3 is 3.00 bits per heavy atom. The largest absolute Gasteiger partial charge is 0.349 e. The molecule has 1 saturated carbocycles. The molecule has 2 fully saturated rings. The summed E-state index contributed by atoms with van der Waals surface area (Å²) >= 11 is 0. The van der Waals surface area contributed by atoms with E-state index in [4.69, 9.17) is 0 Å². The van der Waals surface area contributed by atoms with Crippen LogP contribution in [0.2, 0.25) is 0 Å². The minimum atomic E-state index is 0.0670. The molecule has 2 aliphatic rings. The van der Waals surface area contributed by atoms with Crippen LogP contribution in [-0.2, 0) is 11.3 Å². The zero-order valence-electron chi connectivity index (χ0n) is 13.1. The first-order valence-corrected chi connectivity index (χ1v) is 8.42. The maximum absolute atomic E-state index is 12.0. The Balaban J connectivity index is 1.42. The molecule has 0 bridgehead atoms. The fraction of sp³-hybridized carbons (Fsp3) is 0.800. The first-order chi connectivity index (χ1) is 10.8. The van der Waals surface area contributed by atoms with Gasteiger partial charge in [0.25, 0.3) is 0 Å². The van der Waals surface area contributed by atoms with Gasteiger partial charge in [-0.3, -0.25) is 9.69 Å². The summed E-state index contributed by atoms with van der Waals surface area (Å²) in [5, 5.41) is 14.7. The van der Waals surface area contributed by atoms with E-state index >= 15 is 0 Å². The van der Waals surface area contributed by atoms with Gasteiger partial charge in [-0.15, -0.1) is 5.10 Å². The third-order valence-corrected chi connectivity index (χ3v) is 4.52. The van der Waals surface area contributed by atoms with E-state index in [2.05, 4.69) is 25.8 Å². The first-order valence-electron chi connectivity index (χ1n) is 8.42. The van der Waals surface area contributed by atoms with Gasteiger partial charge in [-0.1, -0.05) is 18.1 Å². The smallest absolute Gasteiger partial charge is 0.234 e. The minimum Gasteiger partial charge on any atom is -0.349 e. The molecule has 0 unspecified atom stereocenters. The number of carbonyl (C=O) groups excluding carboxylic acids is 1. The van der Waals surface area contributed by atoms with Crippen molar-refractivity contribution < 1.29 is 4.79 Å². The summed E-state index contributed by atoms with van der Waals surface area (Å²) in [7, 11) is 0. The highest BCUT2D eigenvalue weighted by Gasteiger charge is 2.18. The lowest BCUT2D eigenvalue weighted by molar-refractivity contribution is -0.122. The lowest BCUT2D eigenvalue weighted by atomic mass is 10.2. The number of nitrogens with zero attached hydrogens (tertiary/aromatic N) is 4. The Kier molecular flexibility index (Phi) is 5.39. The SMILES string of the molecule is O=C(CN1CCCNCC1)NCc1cn(C2CCCC2)nn1. The monoisotopic (exact) mass is 306 g/mol. The van der Waals surface area contributed by atoms with Gasteiger partial charge in [-0.05, 0) is 32.4 Å². The van der Waals surface area contributed by atoms with E-state index in [0.717, 1.165) is 38.3 Å². The highest BCUT2D eigenvalue weighted by atomic mass is 16.2. The molecule has 1 aliphatic heterocycles. The van der Waals surface area contributed by atoms with Crippen LogP contribution in [0.1, 0.15) is 43.8 Å². The highest BCUT2D eigenvalue weighted by molar-refractivity contribution is 5.77. The molecule has 2 heterocycles. The molecule has 1 aromatic rings. The molecule has 0 radical (unpaired) electrons. The van der Waals surface area contributed by atoms with Crippen LogP contribution < -0.4 is 10.6 Å². The average molecular weight is 306 g/mol. The van der Waals surface area contributed by atoms with Crippen molar-refractivity contribution in [3.8, 4) is 0 Å². The van der Waals surface area contributed by atoms with Crippen LogP contribution in [0.15, 0.2) is 6.20 Å². The molecule has 7 heteroatoms. The normalized spacial score (nSPS) is 20.9. The molecular formula is C15H26N6O. The number of nitrogens with one attached hydrogen (secondary N) is 2. The van der Waals surface area contributed by atoms with Crippen molar-refractivity contribution in [1.29, 1.82) is 0 Å². The summed E-state index contributed by atoms with van der Waals surface area (Å²) in [6.07, 6.45) is 8.02. The Labute approximate surface area is 131 Å². The van der Waals surface area contributed by atoms with Crippen molar-refractivity contribution in [2.45, 2.75) is 44.7 Å². The molecule has 0 aromatic carbocycles. The molecule has 1 saturated heterocycles. The predicted molar refractivity (Wildman–Crippen MR) is 83.3 cm³/mol. The molecule has 1 aliphatic carbocycles. The maximum Gasteiger partial charge on any atom is 0.234 e. The number of hydrogen-bond acceptors (Lipinski definition) is 5. The molecule has 2 N–H and O–H groups in total. The maximum atomic E-state index is 12.0. The molecule has 0 spiro atoms. The molecule has 1 amide bonds. The third kappa shape index (κ3) is 4.27. The zero-order chi connectivity index (χ0) is 15.2. The lowest BCUT2D eigenvalue weighted by Crippen LogP contribution is -2.38. The van der Waals surface area contributed by atoms with Crippen LogP contribution in [0.5, 0.6) is 0 Å². The summed E-state index contributed by atoms with van der Waals surface area (Å²) in [6, 6.07) is 0.501. The number of hydrogen-bond donors (Lipinski definition) is 2. The van der Waals surface area contributed by atoms with Crippen molar-refractivity contribution in [3.63, 3.8) is 0 Å². The van der Waals surface area contributed by atoms with Crippen LogP contribution in [0, 0.1) is 0 Å². The van der Waals surface area contributed by atoms with E-state index in [1.54, 1.807) is 0 Å². The predicted octanol–water partition coefficient (Wildman–Crippen LogP) is 0.305. The third-order valence-electron chi connectivity index (χ3n) is 4.52. The Morgan fingerprint density at radius 1 is 1.27 bits per heavy atom. The molecular weight excluding hydrogens is 280 g/mol. The van der Waals surface area contributed by atoms with Crippen LogP contribution in [-0.4, -0.2) is 58.5 Å². The Hall–Kier alpha value is -1.47. The van der Waals surface area contributed by atoms with Crippen LogP contribution >= 0.6 is 0 Å². The molecule has 0 atom stereocenters. The Bertz CT molecular complexity index is 474. The quantitative estimate of drug-likeness (QED) is 0.819. The van der Waals surface area contributed by atoms with Gasteiger partial charge in [-0.25, -0.2) is 4.68 Å². The van der Waals surface area contributed by atoms with Gasteiger partial charge in [0.05, 0.1) is 25.3 Å². The summed E-state index contributed by atoms with van der Waals surface area (Å²) in [6.45, 7) is 4.87. The minimum absolute atomic E-state index is 0.0670. The second-order valence-electron chi connectivity index (χ2n) is 6.28. The second-order valence-corrected chi connectivity index (χ2v) is 6.28. The van der Waals surface area contributed by atoms with Crippen molar-refractivity contribution in [1.82, 2.24) is 30.5 Å². The van der Waals surface area contributed by atoms with Crippen molar-refractivity contribution in [3.05, 3.63) is 11.9 Å².